The first-order valence-electron chi connectivity index (χ1n) is 9.26. The fourth-order valence-electron chi connectivity index (χ4n) is 3.11. The van der Waals surface area contributed by atoms with Crippen LogP contribution in [0.5, 0.6) is 5.75 Å². The summed E-state index contributed by atoms with van der Waals surface area (Å²) in [5.74, 6) is 1.76. The second-order valence-electron chi connectivity index (χ2n) is 6.36. The average Bonchev–Trinajstić information content (AvgIpc) is 3.30. The summed E-state index contributed by atoms with van der Waals surface area (Å²) in [5.41, 5.74) is 1.71. The van der Waals surface area contributed by atoms with Crippen molar-refractivity contribution in [2.24, 2.45) is 0 Å². The Morgan fingerprint density at radius 3 is 2.79 bits per heavy atom. The van der Waals surface area contributed by atoms with Gasteiger partial charge in [0.05, 0.1) is 12.4 Å². The molecule has 1 N–H and O–H groups in total. The van der Waals surface area contributed by atoms with Gasteiger partial charge >= 0.3 is 0 Å². The van der Waals surface area contributed by atoms with E-state index in [0.29, 0.717) is 17.3 Å². The van der Waals surface area contributed by atoms with E-state index in [1.165, 1.54) is 11.8 Å². The predicted molar refractivity (Wildman–Crippen MR) is 115 cm³/mol. The number of amides is 1. The SMILES string of the molecule is CCOc1ccc(N2CCn3c(SCC(=O)Nc4cccc(Cl)c4)nnc32)cc1. The fourth-order valence-corrected chi connectivity index (χ4v) is 4.06. The van der Waals surface area contributed by atoms with Gasteiger partial charge in [0, 0.05) is 29.5 Å². The summed E-state index contributed by atoms with van der Waals surface area (Å²) < 4.78 is 7.54. The number of fused-ring (bicyclic) bond motifs is 1. The zero-order chi connectivity index (χ0) is 20.2. The summed E-state index contributed by atoms with van der Waals surface area (Å²) in [6, 6.07) is 15.0. The third kappa shape index (κ3) is 4.49. The van der Waals surface area contributed by atoms with Crippen LogP contribution in [0.25, 0.3) is 0 Å². The standard InChI is InChI=1S/C20H20ClN5O2S/c1-2-28-17-8-6-16(7-9-17)25-10-11-26-19(25)23-24-20(26)29-13-18(27)22-15-5-3-4-14(21)12-15/h3-9,12H,2,10-11,13H2,1H3,(H,22,27). The molecule has 2 heterocycles. The molecule has 4 rings (SSSR count). The highest BCUT2D eigenvalue weighted by Gasteiger charge is 2.26. The third-order valence-corrected chi connectivity index (χ3v) is 5.59. The average molecular weight is 430 g/mol. The number of benzene rings is 2. The molecule has 0 fully saturated rings. The molecule has 1 aliphatic rings. The molecular weight excluding hydrogens is 410 g/mol. The Kier molecular flexibility index (Phi) is 5.92. The van der Waals surface area contributed by atoms with Gasteiger partial charge in [-0.3, -0.25) is 9.36 Å². The Morgan fingerprint density at radius 1 is 1.21 bits per heavy atom. The van der Waals surface area contributed by atoms with Crippen molar-refractivity contribution in [2.45, 2.75) is 18.6 Å². The van der Waals surface area contributed by atoms with Crippen LogP contribution in [0, 0.1) is 0 Å². The Labute approximate surface area is 178 Å². The molecule has 0 bridgehead atoms. The van der Waals surface area contributed by atoms with Gasteiger partial charge in [-0.05, 0) is 49.4 Å². The molecule has 29 heavy (non-hydrogen) atoms. The molecule has 0 unspecified atom stereocenters. The maximum atomic E-state index is 12.2. The monoisotopic (exact) mass is 429 g/mol. The van der Waals surface area contributed by atoms with Gasteiger partial charge < -0.3 is 15.0 Å². The number of carbonyl (C=O) groups is 1. The Balaban J connectivity index is 1.39. The summed E-state index contributed by atoms with van der Waals surface area (Å²) >= 11 is 7.32. The van der Waals surface area contributed by atoms with Crippen molar-refractivity contribution in [3.8, 4) is 5.75 Å². The third-order valence-electron chi connectivity index (χ3n) is 4.39. The summed E-state index contributed by atoms with van der Waals surface area (Å²) in [6.45, 7) is 4.18. The van der Waals surface area contributed by atoms with Crippen molar-refractivity contribution in [3.63, 3.8) is 0 Å². The van der Waals surface area contributed by atoms with Gasteiger partial charge in [-0.2, -0.15) is 0 Å². The summed E-state index contributed by atoms with van der Waals surface area (Å²) in [5, 5.41) is 12.7. The molecule has 0 spiro atoms. The maximum Gasteiger partial charge on any atom is 0.234 e. The van der Waals surface area contributed by atoms with Crippen molar-refractivity contribution in [2.75, 3.05) is 29.1 Å². The minimum Gasteiger partial charge on any atom is -0.494 e. The van der Waals surface area contributed by atoms with Crippen LogP contribution in [0.3, 0.4) is 0 Å². The second-order valence-corrected chi connectivity index (χ2v) is 7.74. The highest BCUT2D eigenvalue weighted by atomic mass is 35.5. The number of nitrogens with zero attached hydrogens (tertiary/aromatic N) is 4. The van der Waals surface area contributed by atoms with Gasteiger partial charge in [0.15, 0.2) is 5.16 Å². The number of anilines is 3. The van der Waals surface area contributed by atoms with Gasteiger partial charge in [0.1, 0.15) is 5.75 Å². The molecule has 0 saturated carbocycles. The molecule has 7 nitrogen and oxygen atoms in total. The van der Waals surface area contributed by atoms with Crippen LogP contribution in [0.4, 0.5) is 17.3 Å². The second kappa shape index (κ2) is 8.75. The van der Waals surface area contributed by atoms with E-state index in [1.807, 2.05) is 35.8 Å². The Bertz CT molecular complexity index is 1010. The van der Waals surface area contributed by atoms with Crippen LogP contribution in [-0.2, 0) is 11.3 Å². The van der Waals surface area contributed by atoms with E-state index >= 15 is 0 Å². The number of halogens is 1. The topological polar surface area (TPSA) is 72.3 Å². The molecule has 3 aromatic rings. The lowest BCUT2D eigenvalue weighted by Gasteiger charge is -2.15. The normalized spacial score (nSPS) is 12.7. The number of nitrogens with one attached hydrogen (secondary N) is 1. The minimum atomic E-state index is -0.115. The molecule has 150 valence electrons. The van der Waals surface area contributed by atoms with Gasteiger partial charge in [-0.1, -0.05) is 29.4 Å². The summed E-state index contributed by atoms with van der Waals surface area (Å²) in [4.78, 5) is 14.3. The lowest BCUT2D eigenvalue weighted by atomic mass is 10.3. The van der Waals surface area contributed by atoms with Crippen LogP contribution < -0.4 is 15.0 Å². The number of hydrogen-bond acceptors (Lipinski definition) is 6. The molecule has 9 heteroatoms. The van der Waals surface area contributed by atoms with Crippen LogP contribution >= 0.6 is 23.4 Å². The van der Waals surface area contributed by atoms with Crippen molar-refractivity contribution < 1.29 is 9.53 Å². The lowest BCUT2D eigenvalue weighted by Crippen LogP contribution is -2.14. The van der Waals surface area contributed by atoms with Gasteiger partial charge in [0.25, 0.3) is 0 Å². The largest absolute Gasteiger partial charge is 0.494 e. The van der Waals surface area contributed by atoms with E-state index in [0.717, 1.165) is 35.6 Å². The molecule has 0 saturated heterocycles. The van der Waals surface area contributed by atoms with Crippen molar-refractivity contribution in [3.05, 3.63) is 53.6 Å². The quantitative estimate of drug-likeness (QED) is 0.567. The van der Waals surface area contributed by atoms with E-state index < -0.39 is 0 Å². The number of hydrogen-bond donors (Lipinski definition) is 1. The zero-order valence-electron chi connectivity index (χ0n) is 15.8. The molecule has 2 aromatic carbocycles. The van der Waals surface area contributed by atoms with E-state index in [2.05, 4.69) is 20.4 Å². The molecular formula is C20H20ClN5O2S. The summed E-state index contributed by atoms with van der Waals surface area (Å²) in [6.07, 6.45) is 0. The van der Waals surface area contributed by atoms with E-state index in [-0.39, 0.29) is 11.7 Å². The molecule has 1 amide bonds. The fraction of sp³-hybridized carbons (Fsp3) is 0.250. The van der Waals surface area contributed by atoms with Crippen molar-refractivity contribution in [1.29, 1.82) is 0 Å². The van der Waals surface area contributed by atoms with Gasteiger partial charge in [0.2, 0.25) is 11.9 Å². The molecule has 0 radical (unpaired) electrons. The number of carbonyl (C=O) groups excluding carboxylic acids is 1. The molecule has 0 aliphatic carbocycles. The van der Waals surface area contributed by atoms with E-state index in [9.17, 15) is 4.79 Å². The number of aromatic nitrogens is 3. The first-order chi connectivity index (χ1) is 14.1. The Hall–Kier alpha value is -2.71. The first kappa shape index (κ1) is 19.6. The predicted octanol–water partition coefficient (Wildman–Crippen LogP) is 4.21. The highest BCUT2D eigenvalue weighted by molar-refractivity contribution is 7.99. The smallest absolute Gasteiger partial charge is 0.234 e. The van der Waals surface area contributed by atoms with Crippen molar-refractivity contribution in [1.82, 2.24) is 14.8 Å². The van der Waals surface area contributed by atoms with Crippen LogP contribution in [0.1, 0.15) is 6.92 Å². The maximum absolute atomic E-state index is 12.2. The van der Waals surface area contributed by atoms with Crippen LogP contribution in [0.15, 0.2) is 53.7 Å². The minimum absolute atomic E-state index is 0.115. The molecule has 1 aliphatic heterocycles. The summed E-state index contributed by atoms with van der Waals surface area (Å²) in [7, 11) is 0. The lowest BCUT2D eigenvalue weighted by molar-refractivity contribution is -0.113. The van der Waals surface area contributed by atoms with Gasteiger partial charge in [-0.25, -0.2) is 0 Å². The highest BCUT2D eigenvalue weighted by Crippen LogP contribution is 2.32. The number of thioether (sulfide) groups is 1. The first-order valence-corrected chi connectivity index (χ1v) is 10.6. The molecule has 0 atom stereocenters. The Morgan fingerprint density at radius 2 is 2.03 bits per heavy atom. The van der Waals surface area contributed by atoms with Crippen LogP contribution in [-0.4, -0.2) is 39.6 Å². The van der Waals surface area contributed by atoms with E-state index in [4.69, 9.17) is 16.3 Å². The number of ether oxygens (including phenoxy) is 1. The van der Waals surface area contributed by atoms with Gasteiger partial charge in [-0.15, -0.1) is 10.2 Å². The van der Waals surface area contributed by atoms with E-state index in [1.54, 1.807) is 24.3 Å². The molecule has 1 aromatic heterocycles. The number of rotatable bonds is 7. The van der Waals surface area contributed by atoms with Crippen LogP contribution in [0.2, 0.25) is 5.02 Å². The van der Waals surface area contributed by atoms with Crippen molar-refractivity contribution >= 4 is 46.6 Å². The zero-order valence-corrected chi connectivity index (χ0v) is 17.4.